The molecule has 0 atom stereocenters. The first-order valence-electron chi connectivity index (χ1n) is 10.7. The van der Waals surface area contributed by atoms with Gasteiger partial charge in [0.25, 0.3) is 0 Å². The van der Waals surface area contributed by atoms with E-state index in [2.05, 4.69) is 89.8 Å². The Morgan fingerprint density at radius 3 is 1.53 bits per heavy atom. The first-order valence-corrected chi connectivity index (χ1v) is 10.7. The molecule has 0 heterocycles. The molecule has 0 radical (unpaired) electrons. The molecular formula is C28H24N2. The lowest BCUT2D eigenvalue weighted by atomic mass is 10.0. The van der Waals surface area contributed by atoms with Crippen molar-refractivity contribution in [1.82, 2.24) is 0 Å². The van der Waals surface area contributed by atoms with Crippen LogP contribution in [0.25, 0.3) is 22.3 Å². The second-order valence-corrected chi connectivity index (χ2v) is 8.21. The van der Waals surface area contributed by atoms with E-state index in [9.17, 15) is 0 Å². The van der Waals surface area contributed by atoms with Crippen LogP contribution in [0, 0.1) is 0 Å². The van der Waals surface area contributed by atoms with E-state index in [1.54, 1.807) is 0 Å². The van der Waals surface area contributed by atoms with Crippen molar-refractivity contribution in [3.05, 3.63) is 107 Å². The van der Waals surface area contributed by atoms with E-state index in [1.165, 1.54) is 55.9 Å². The van der Waals surface area contributed by atoms with Crippen LogP contribution in [-0.4, -0.2) is 13.1 Å². The molecule has 0 bridgehead atoms. The van der Waals surface area contributed by atoms with Gasteiger partial charge in [-0.1, -0.05) is 72.8 Å². The predicted molar refractivity (Wildman–Crippen MR) is 125 cm³/mol. The molecule has 0 unspecified atom stereocenters. The number of benzene rings is 4. The van der Waals surface area contributed by atoms with Crippen molar-refractivity contribution < 1.29 is 0 Å². The molecule has 2 aliphatic carbocycles. The zero-order valence-electron chi connectivity index (χ0n) is 16.9. The first kappa shape index (κ1) is 17.5. The summed E-state index contributed by atoms with van der Waals surface area (Å²) in [6.07, 6.45) is 1.97. The van der Waals surface area contributed by atoms with Crippen molar-refractivity contribution in [2.75, 3.05) is 18.0 Å². The largest absolute Gasteiger partial charge is 0.340 e. The highest BCUT2D eigenvalue weighted by atomic mass is 15.1. The Morgan fingerprint density at radius 1 is 0.567 bits per heavy atom. The molecule has 2 aliphatic rings. The molecule has 0 spiro atoms. The molecule has 0 fully saturated rings. The van der Waals surface area contributed by atoms with Gasteiger partial charge in [0.1, 0.15) is 0 Å². The maximum Gasteiger partial charge on any atom is 0.0453 e. The van der Waals surface area contributed by atoms with E-state index in [0.717, 1.165) is 19.4 Å². The lowest BCUT2D eigenvalue weighted by Crippen LogP contribution is -2.26. The van der Waals surface area contributed by atoms with Crippen LogP contribution in [0.3, 0.4) is 0 Å². The van der Waals surface area contributed by atoms with Gasteiger partial charge in [-0.15, -0.1) is 0 Å². The Labute approximate surface area is 177 Å². The molecule has 4 aromatic carbocycles. The third-order valence-corrected chi connectivity index (χ3v) is 6.59. The van der Waals surface area contributed by atoms with Gasteiger partial charge in [0.15, 0.2) is 0 Å². The number of nitrogens with zero attached hydrogens (tertiary/aromatic N) is 1. The molecular weight excluding hydrogens is 364 g/mol. The summed E-state index contributed by atoms with van der Waals surface area (Å²) in [4.78, 5) is 2.45. The second kappa shape index (κ2) is 6.86. The van der Waals surface area contributed by atoms with E-state index in [1.807, 2.05) is 0 Å². The summed E-state index contributed by atoms with van der Waals surface area (Å²) in [7, 11) is 0. The van der Waals surface area contributed by atoms with Crippen molar-refractivity contribution in [3.63, 3.8) is 0 Å². The number of fused-ring (bicyclic) bond motifs is 6. The third-order valence-electron chi connectivity index (χ3n) is 6.59. The number of anilines is 2. The average molecular weight is 389 g/mol. The summed E-state index contributed by atoms with van der Waals surface area (Å²) in [5.41, 5.74) is 19.8. The Kier molecular flexibility index (Phi) is 4.00. The number of rotatable bonds is 4. The Balaban J connectivity index is 1.51. The molecule has 146 valence electrons. The van der Waals surface area contributed by atoms with Gasteiger partial charge in [-0.05, 0) is 56.6 Å². The smallest absolute Gasteiger partial charge is 0.0453 e. The zero-order valence-corrected chi connectivity index (χ0v) is 16.9. The summed E-state index contributed by atoms with van der Waals surface area (Å²) in [6.45, 7) is 1.42. The molecule has 0 aromatic heterocycles. The lowest BCUT2D eigenvalue weighted by molar-refractivity contribution is 0.911. The first-order chi connectivity index (χ1) is 14.8. The number of hydrogen-bond donors (Lipinski definition) is 1. The third kappa shape index (κ3) is 2.54. The van der Waals surface area contributed by atoms with E-state index >= 15 is 0 Å². The summed E-state index contributed by atoms with van der Waals surface area (Å²) in [6, 6.07) is 31.0. The fraction of sp³-hybridized carbons (Fsp3) is 0.143. The van der Waals surface area contributed by atoms with Gasteiger partial charge < -0.3 is 10.6 Å². The van der Waals surface area contributed by atoms with Crippen LogP contribution in [-0.2, 0) is 12.8 Å². The zero-order chi connectivity index (χ0) is 20.1. The predicted octanol–water partition coefficient (Wildman–Crippen LogP) is 5.93. The van der Waals surface area contributed by atoms with Gasteiger partial charge in [-0.3, -0.25) is 0 Å². The molecule has 0 amide bonds. The minimum absolute atomic E-state index is 0.618. The Bertz CT molecular complexity index is 1170. The van der Waals surface area contributed by atoms with Gasteiger partial charge in [0.2, 0.25) is 0 Å². The van der Waals surface area contributed by atoms with Crippen molar-refractivity contribution >= 4 is 11.4 Å². The van der Waals surface area contributed by atoms with Crippen molar-refractivity contribution in [1.29, 1.82) is 0 Å². The molecule has 0 saturated carbocycles. The van der Waals surface area contributed by atoms with Crippen LogP contribution < -0.4 is 10.6 Å². The standard InChI is InChI=1S/C28H24N2/c29-15-16-30(27-13-5-11-23-21-9-3-1-7-19(21)17-25(23)27)28-14-6-12-24-22-10-4-2-8-20(22)18-26(24)28/h1-14H,15-18,29H2. The summed E-state index contributed by atoms with van der Waals surface area (Å²) in [5, 5.41) is 0. The van der Waals surface area contributed by atoms with Crippen molar-refractivity contribution in [2.24, 2.45) is 5.73 Å². The van der Waals surface area contributed by atoms with E-state index in [-0.39, 0.29) is 0 Å². The van der Waals surface area contributed by atoms with Crippen LogP contribution in [0.4, 0.5) is 11.4 Å². The average Bonchev–Trinajstić information content (AvgIpc) is 3.36. The van der Waals surface area contributed by atoms with Gasteiger partial charge in [-0.2, -0.15) is 0 Å². The molecule has 2 heteroatoms. The Hall–Kier alpha value is -3.36. The fourth-order valence-corrected chi connectivity index (χ4v) is 5.29. The summed E-state index contributed by atoms with van der Waals surface area (Å²) in [5.74, 6) is 0. The van der Waals surface area contributed by atoms with E-state index in [4.69, 9.17) is 5.73 Å². The van der Waals surface area contributed by atoms with E-state index < -0.39 is 0 Å². The van der Waals surface area contributed by atoms with Gasteiger partial charge >= 0.3 is 0 Å². The molecule has 4 aromatic rings. The molecule has 0 saturated heterocycles. The highest BCUT2D eigenvalue weighted by molar-refractivity contribution is 5.88. The molecule has 0 aliphatic heterocycles. The van der Waals surface area contributed by atoms with Crippen molar-refractivity contribution in [2.45, 2.75) is 12.8 Å². The van der Waals surface area contributed by atoms with Crippen LogP contribution in [0.5, 0.6) is 0 Å². The topological polar surface area (TPSA) is 29.3 Å². The number of nitrogens with two attached hydrogens (primary N) is 1. The maximum absolute atomic E-state index is 6.12. The van der Waals surface area contributed by atoms with E-state index in [0.29, 0.717) is 6.54 Å². The highest BCUT2D eigenvalue weighted by Gasteiger charge is 2.27. The Morgan fingerprint density at radius 2 is 1.03 bits per heavy atom. The SMILES string of the molecule is NCCN(c1cccc2c1Cc1ccccc1-2)c1cccc2c1Cc1ccccc1-2. The minimum Gasteiger partial charge on any atom is -0.340 e. The minimum atomic E-state index is 0.618. The van der Waals surface area contributed by atoms with Gasteiger partial charge in [-0.25, -0.2) is 0 Å². The van der Waals surface area contributed by atoms with Crippen LogP contribution in [0.15, 0.2) is 84.9 Å². The van der Waals surface area contributed by atoms with Crippen LogP contribution in [0.1, 0.15) is 22.3 Å². The molecule has 2 N–H and O–H groups in total. The van der Waals surface area contributed by atoms with Gasteiger partial charge in [0, 0.05) is 37.3 Å². The lowest BCUT2D eigenvalue weighted by Gasteiger charge is -2.29. The fourth-order valence-electron chi connectivity index (χ4n) is 5.29. The second-order valence-electron chi connectivity index (χ2n) is 8.21. The monoisotopic (exact) mass is 388 g/mol. The van der Waals surface area contributed by atoms with Crippen LogP contribution in [0.2, 0.25) is 0 Å². The van der Waals surface area contributed by atoms with Crippen molar-refractivity contribution in [3.8, 4) is 22.3 Å². The highest BCUT2D eigenvalue weighted by Crippen LogP contribution is 2.46. The molecule has 6 rings (SSSR count). The summed E-state index contributed by atoms with van der Waals surface area (Å²) >= 11 is 0. The normalized spacial score (nSPS) is 12.8. The summed E-state index contributed by atoms with van der Waals surface area (Å²) < 4.78 is 0. The van der Waals surface area contributed by atoms with Crippen LogP contribution >= 0.6 is 0 Å². The number of hydrogen-bond acceptors (Lipinski definition) is 2. The molecule has 30 heavy (non-hydrogen) atoms. The quantitative estimate of drug-likeness (QED) is 0.406. The molecule has 2 nitrogen and oxygen atoms in total. The maximum atomic E-state index is 6.12. The van der Waals surface area contributed by atoms with Gasteiger partial charge in [0.05, 0.1) is 0 Å².